The van der Waals surface area contributed by atoms with E-state index in [2.05, 4.69) is 34.4 Å². The van der Waals surface area contributed by atoms with Crippen LogP contribution in [0.25, 0.3) is 17.2 Å². The van der Waals surface area contributed by atoms with Crippen LogP contribution in [0.1, 0.15) is 44.0 Å². The Balaban J connectivity index is 1.22. The van der Waals surface area contributed by atoms with Gasteiger partial charge in [-0.3, -0.25) is 37.3 Å². The van der Waals surface area contributed by atoms with E-state index in [0.717, 1.165) is 34.5 Å². The number of aliphatic hydroxyl groups is 2. The summed E-state index contributed by atoms with van der Waals surface area (Å²) >= 11 is 0.812. The topological polar surface area (TPSA) is 401 Å². The number of benzene rings is 1. The molecule has 0 bridgehead atoms. The number of carbonyl (C=O) groups excluding carboxylic acids is 3. The van der Waals surface area contributed by atoms with Gasteiger partial charge in [0.2, 0.25) is 16.9 Å². The zero-order chi connectivity index (χ0) is 46.9. The van der Waals surface area contributed by atoms with Crippen LogP contribution in [0, 0.1) is 12.3 Å². The maximum absolute atomic E-state index is 12.7. The number of aryl methyl sites for hydroxylation is 1. The van der Waals surface area contributed by atoms with Gasteiger partial charge in [-0.25, -0.2) is 28.6 Å². The fourth-order valence-corrected chi connectivity index (χ4v) is 9.21. The average molecular weight is 970 g/mol. The molecule has 0 aliphatic carbocycles. The first kappa shape index (κ1) is 51.6. The summed E-state index contributed by atoms with van der Waals surface area (Å²) in [6.07, 6.45) is -6.17. The molecular formula is C33H46N7O19P3S. The Morgan fingerprint density at radius 1 is 1.05 bits per heavy atom. The molecule has 1 saturated heterocycles. The number of hydrogen-bond donors (Lipinski definition) is 10. The van der Waals surface area contributed by atoms with Crippen LogP contribution in [0.15, 0.2) is 42.5 Å². The van der Waals surface area contributed by atoms with Gasteiger partial charge in [-0.15, -0.1) is 0 Å². The van der Waals surface area contributed by atoms with Crippen molar-refractivity contribution in [3.05, 3.63) is 53.6 Å². The van der Waals surface area contributed by atoms with E-state index in [-0.39, 0.29) is 47.8 Å². The Bertz CT molecular complexity index is 2330. The third-order valence-corrected chi connectivity index (χ3v) is 12.8. The number of imidazole rings is 1. The maximum atomic E-state index is 12.7. The normalized spacial score (nSPS) is 20.7. The first-order valence-electron chi connectivity index (χ1n) is 18.3. The van der Waals surface area contributed by atoms with Gasteiger partial charge in [0.1, 0.15) is 36.3 Å². The summed E-state index contributed by atoms with van der Waals surface area (Å²) in [5.74, 6) is -2.70. The lowest BCUT2D eigenvalue weighted by Gasteiger charge is -2.30. The zero-order valence-electron chi connectivity index (χ0n) is 33.5. The predicted octanol–water partition coefficient (Wildman–Crippen LogP) is 0.531. The second kappa shape index (κ2) is 21.8. The van der Waals surface area contributed by atoms with Crippen LogP contribution < -0.4 is 16.4 Å². The van der Waals surface area contributed by atoms with Crippen molar-refractivity contribution in [2.24, 2.45) is 5.41 Å². The number of nitrogens with one attached hydrogen (secondary N) is 2. The molecule has 2 amide bonds. The Kier molecular flexibility index (Phi) is 17.8. The standard InChI is InChI=1S/C33H46N7O19P3S/c1-18-5-4-6-19(11-18)12-20(13-23(42)43)32(47)63-10-9-35-22(41)7-8-36-30(46)27(45)33(2,3)15-56-62(53,54)59-61(51,52)55-14-21-26(58-60(48,49)50)25(44)31(57-21)40-17-39-24-28(34)37-16-38-29(24)40/h4-6,11-12,16-17,21,25-27,31,44-45H,7-10,13-15H2,1-3H3,(H,35,41)(H,36,46)(H,42,43)(H,51,52)(H,53,54)(H2,34,37,38)(H2,48,49,50)/b20-12+/t21-,25-,26-,27+,31-/m1/s1. The molecule has 0 radical (unpaired) electrons. The number of nitrogens with two attached hydrogens (primary N) is 1. The monoisotopic (exact) mass is 969 g/mol. The largest absolute Gasteiger partial charge is 0.481 e. The number of phosphoric ester groups is 3. The number of ether oxygens (including phenoxy) is 1. The lowest BCUT2D eigenvalue weighted by atomic mass is 9.87. The van der Waals surface area contributed by atoms with E-state index in [4.69, 9.17) is 19.5 Å². The van der Waals surface area contributed by atoms with Crippen LogP contribution >= 0.6 is 35.2 Å². The van der Waals surface area contributed by atoms with Crippen molar-refractivity contribution >= 4 is 81.2 Å². The number of nitrogens with zero attached hydrogens (tertiary/aromatic N) is 4. The van der Waals surface area contributed by atoms with Gasteiger partial charge >= 0.3 is 29.4 Å². The summed E-state index contributed by atoms with van der Waals surface area (Å²) in [6.45, 7) is 1.96. The second-order valence-corrected chi connectivity index (χ2v) is 19.7. The molecule has 4 rings (SSSR count). The van der Waals surface area contributed by atoms with Crippen molar-refractivity contribution in [3.8, 4) is 0 Å². The second-order valence-electron chi connectivity index (χ2n) is 14.4. The third-order valence-electron chi connectivity index (χ3n) is 8.72. The average Bonchev–Trinajstić information content (AvgIpc) is 3.74. The number of carbonyl (C=O) groups is 4. The van der Waals surface area contributed by atoms with Crippen LogP contribution in [0.2, 0.25) is 0 Å². The summed E-state index contributed by atoms with van der Waals surface area (Å²) in [7, 11) is -16.5. The first-order chi connectivity index (χ1) is 29.3. The number of aromatic nitrogens is 4. The SMILES string of the molecule is Cc1cccc(/C=C(\CC(=O)O)C(=O)SCCNC(=O)CCNC(=O)[C@H](O)C(C)(C)COP(=O)(O)OP(=O)(O)OC[C@H]2O[C@@H](n3cnc4c(N)ncnc43)[C@H](O)[C@@H]2OP(=O)(O)O)c1. The fourth-order valence-electron chi connectivity index (χ4n) is 5.67. The molecule has 0 saturated carbocycles. The molecule has 7 atom stereocenters. The number of nitrogen functional groups attached to an aromatic ring is 1. The van der Waals surface area contributed by atoms with Crippen molar-refractivity contribution in [2.75, 3.05) is 37.8 Å². The van der Waals surface area contributed by atoms with E-state index in [9.17, 15) is 67.8 Å². The number of carboxylic acids is 1. The molecule has 1 aromatic carbocycles. The van der Waals surface area contributed by atoms with Crippen molar-refractivity contribution in [1.82, 2.24) is 30.2 Å². The van der Waals surface area contributed by atoms with Gasteiger partial charge in [0, 0.05) is 36.3 Å². The Hall–Kier alpha value is -4.01. The van der Waals surface area contributed by atoms with Crippen molar-refractivity contribution < 1.29 is 90.4 Å². The zero-order valence-corrected chi connectivity index (χ0v) is 37.0. The minimum atomic E-state index is -5.61. The van der Waals surface area contributed by atoms with Crippen molar-refractivity contribution in [2.45, 2.75) is 64.3 Å². The van der Waals surface area contributed by atoms with Gasteiger partial charge in [0.15, 0.2) is 17.7 Å². The molecule has 0 spiro atoms. The minimum absolute atomic E-state index is 0.0170. The molecule has 63 heavy (non-hydrogen) atoms. The predicted molar refractivity (Wildman–Crippen MR) is 219 cm³/mol. The van der Waals surface area contributed by atoms with E-state index < -0.39 is 102 Å². The fraction of sp³-hybridized carbons (Fsp3) is 0.485. The molecule has 2 aromatic heterocycles. The van der Waals surface area contributed by atoms with Crippen molar-refractivity contribution in [1.29, 1.82) is 0 Å². The molecule has 3 aromatic rings. The molecule has 26 nitrogen and oxygen atoms in total. The molecule has 1 aliphatic rings. The minimum Gasteiger partial charge on any atom is -0.481 e. The number of hydrogen-bond acceptors (Lipinski definition) is 19. The van der Waals surface area contributed by atoms with Crippen LogP contribution in [0.4, 0.5) is 5.82 Å². The number of thioether (sulfide) groups is 1. The summed E-state index contributed by atoms with van der Waals surface area (Å²) in [5.41, 5.74) is 5.83. The summed E-state index contributed by atoms with van der Waals surface area (Å²) in [5, 5.41) is 35.1. The lowest BCUT2D eigenvalue weighted by molar-refractivity contribution is -0.137. The summed E-state index contributed by atoms with van der Waals surface area (Å²) < 4.78 is 62.2. The summed E-state index contributed by atoms with van der Waals surface area (Å²) in [4.78, 5) is 100. The number of rotatable bonds is 23. The highest BCUT2D eigenvalue weighted by Gasteiger charge is 2.50. The molecule has 3 heterocycles. The number of aliphatic carboxylic acids is 1. The highest BCUT2D eigenvalue weighted by molar-refractivity contribution is 8.14. The summed E-state index contributed by atoms with van der Waals surface area (Å²) in [6, 6.07) is 7.14. The van der Waals surface area contributed by atoms with Gasteiger partial charge in [0.05, 0.1) is 26.0 Å². The highest BCUT2D eigenvalue weighted by Crippen LogP contribution is 2.61. The van der Waals surface area contributed by atoms with Crippen LogP contribution in [-0.4, -0.2) is 134 Å². The quantitative estimate of drug-likeness (QED) is 0.0352. The third kappa shape index (κ3) is 15.6. The smallest absolute Gasteiger partial charge is 0.481 e. The molecular weight excluding hydrogens is 923 g/mol. The molecule has 1 fully saturated rings. The lowest BCUT2D eigenvalue weighted by Crippen LogP contribution is -2.46. The first-order valence-corrected chi connectivity index (χ1v) is 23.8. The number of phosphoric acid groups is 3. The number of fused-ring (bicyclic) bond motifs is 1. The number of amides is 2. The highest BCUT2D eigenvalue weighted by atomic mass is 32.2. The molecule has 30 heteroatoms. The maximum Gasteiger partial charge on any atom is 0.481 e. The number of aliphatic hydroxyl groups excluding tert-OH is 2. The van der Waals surface area contributed by atoms with Gasteiger partial charge in [-0.1, -0.05) is 55.4 Å². The van der Waals surface area contributed by atoms with Gasteiger partial charge in [-0.2, -0.15) is 4.31 Å². The number of carboxylic acid groups (broad SMARTS) is 1. The van der Waals surface area contributed by atoms with Gasteiger partial charge in [0.25, 0.3) is 0 Å². The van der Waals surface area contributed by atoms with Gasteiger partial charge < -0.3 is 56.0 Å². The van der Waals surface area contributed by atoms with Crippen molar-refractivity contribution in [3.63, 3.8) is 0 Å². The molecule has 11 N–H and O–H groups in total. The van der Waals surface area contributed by atoms with E-state index in [0.29, 0.717) is 5.56 Å². The van der Waals surface area contributed by atoms with Crippen LogP contribution in [-0.2, 0) is 55.5 Å². The number of anilines is 1. The van der Waals surface area contributed by atoms with E-state index >= 15 is 0 Å². The van der Waals surface area contributed by atoms with E-state index in [1.54, 1.807) is 18.2 Å². The Morgan fingerprint density at radius 3 is 2.41 bits per heavy atom. The Morgan fingerprint density at radius 2 is 1.75 bits per heavy atom. The van der Waals surface area contributed by atoms with E-state index in [1.807, 2.05) is 13.0 Å². The molecule has 2 unspecified atom stereocenters. The van der Waals surface area contributed by atoms with E-state index in [1.165, 1.54) is 19.9 Å². The molecule has 1 aliphatic heterocycles. The molecule has 348 valence electrons. The van der Waals surface area contributed by atoms with Crippen LogP contribution in [0.3, 0.4) is 0 Å². The van der Waals surface area contributed by atoms with Gasteiger partial charge in [-0.05, 0) is 18.6 Å². The Labute approximate surface area is 362 Å². The van der Waals surface area contributed by atoms with Crippen LogP contribution in [0.5, 0.6) is 0 Å².